The van der Waals surface area contributed by atoms with Crippen molar-refractivity contribution in [3.63, 3.8) is 0 Å². The van der Waals surface area contributed by atoms with Gasteiger partial charge >= 0.3 is 0 Å². The Bertz CT molecular complexity index is 966. The number of likely N-dealkylation sites (N-methyl/N-ethyl adjacent to an activating group) is 1. The standard InChI is InChI=1S/C21H19FN2O2S/c1-14-6-8-15(9-7-14)18-10-11-27-20(18)21(26)24(2)13-19(25)23-17-5-3-4-16(22)12-17/h3-12H,13H2,1-2H3,(H,23,25). The molecule has 0 aliphatic heterocycles. The maximum Gasteiger partial charge on any atom is 0.264 e. The van der Waals surface area contributed by atoms with Crippen molar-refractivity contribution in [2.24, 2.45) is 0 Å². The molecule has 0 aliphatic carbocycles. The number of anilines is 1. The summed E-state index contributed by atoms with van der Waals surface area (Å²) < 4.78 is 13.2. The monoisotopic (exact) mass is 382 g/mol. The van der Waals surface area contributed by atoms with Crippen LogP contribution in [-0.2, 0) is 4.79 Å². The van der Waals surface area contributed by atoms with E-state index < -0.39 is 5.82 Å². The SMILES string of the molecule is Cc1ccc(-c2ccsc2C(=O)N(C)CC(=O)Nc2cccc(F)c2)cc1. The Balaban J connectivity index is 1.70. The average Bonchev–Trinajstić information content (AvgIpc) is 3.11. The van der Waals surface area contributed by atoms with Gasteiger partial charge in [0.15, 0.2) is 0 Å². The number of carbonyl (C=O) groups is 2. The van der Waals surface area contributed by atoms with Crippen molar-refractivity contribution in [3.8, 4) is 11.1 Å². The predicted molar refractivity (Wildman–Crippen MR) is 106 cm³/mol. The molecule has 0 radical (unpaired) electrons. The van der Waals surface area contributed by atoms with Crippen LogP contribution in [0.4, 0.5) is 10.1 Å². The van der Waals surface area contributed by atoms with Gasteiger partial charge in [0, 0.05) is 18.3 Å². The molecule has 0 saturated carbocycles. The highest BCUT2D eigenvalue weighted by molar-refractivity contribution is 7.12. The first-order chi connectivity index (χ1) is 12.9. The van der Waals surface area contributed by atoms with Crippen LogP contribution in [0.15, 0.2) is 60.0 Å². The molecule has 0 aliphatic rings. The van der Waals surface area contributed by atoms with Crippen molar-refractivity contribution in [1.29, 1.82) is 0 Å². The van der Waals surface area contributed by atoms with E-state index in [-0.39, 0.29) is 18.4 Å². The van der Waals surface area contributed by atoms with Crippen molar-refractivity contribution in [3.05, 3.63) is 76.2 Å². The molecular formula is C21H19FN2O2S. The molecule has 6 heteroatoms. The van der Waals surface area contributed by atoms with E-state index in [1.807, 2.05) is 42.6 Å². The third-order valence-corrected chi connectivity index (χ3v) is 4.96. The Kier molecular flexibility index (Phi) is 5.66. The number of hydrogen-bond acceptors (Lipinski definition) is 3. The van der Waals surface area contributed by atoms with E-state index in [0.717, 1.165) is 16.7 Å². The zero-order chi connectivity index (χ0) is 19.4. The molecule has 138 valence electrons. The summed E-state index contributed by atoms with van der Waals surface area (Å²) in [5, 5.41) is 4.46. The van der Waals surface area contributed by atoms with Crippen LogP contribution < -0.4 is 5.32 Å². The van der Waals surface area contributed by atoms with E-state index >= 15 is 0 Å². The zero-order valence-corrected chi connectivity index (χ0v) is 15.8. The van der Waals surface area contributed by atoms with Crippen molar-refractivity contribution in [2.75, 3.05) is 18.9 Å². The highest BCUT2D eigenvalue weighted by Crippen LogP contribution is 2.29. The van der Waals surface area contributed by atoms with Gasteiger partial charge in [0.05, 0.1) is 11.4 Å². The lowest BCUT2D eigenvalue weighted by molar-refractivity contribution is -0.116. The van der Waals surface area contributed by atoms with Crippen molar-refractivity contribution >= 4 is 28.8 Å². The highest BCUT2D eigenvalue weighted by atomic mass is 32.1. The van der Waals surface area contributed by atoms with Crippen LogP contribution in [0.2, 0.25) is 0 Å². The predicted octanol–water partition coefficient (Wildman–Crippen LogP) is 4.57. The summed E-state index contributed by atoms with van der Waals surface area (Å²) in [6.07, 6.45) is 0. The highest BCUT2D eigenvalue weighted by Gasteiger charge is 2.20. The summed E-state index contributed by atoms with van der Waals surface area (Å²) >= 11 is 1.35. The van der Waals surface area contributed by atoms with Gasteiger partial charge in [-0.05, 0) is 42.1 Å². The van der Waals surface area contributed by atoms with Gasteiger partial charge < -0.3 is 10.2 Å². The number of thiophene rings is 1. The van der Waals surface area contributed by atoms with Crippen LogP contribution in [0.5, 0.6) is 0 Å². The second kappa shape index (κ2) is 8.14. The number of aryl methyl sites for hydroxylation is 1. The molecule has 1 N–H and O–H groups in total. The number of carbonyl (C=O) groups excluding carboxylic acids is 2. The summed E-state index contributed by atoms with van der Waals surface area (Å²) in [4.78, 5) is 26.9. The molecule has 1 aromatic heterocycles. The summed E-state index contributed by atoms with van der Waals surface area (Å²) in [5.41, 5.74) is 3.32. The van der Waals surface area contributed by atoms with E-state index in [4.69, 9.17) is 0 Å². The quantitative estimate of drug-likeness (QED) is 0.703. The molecule has 2 amide bonds. The number of nitrogens with one attached hydrogen (secondary N) is 1. The Morgan fingerprint density at radius 1 is 1.11 bits per heavy atom. The van der Waals surface area contributed by atoms with E-state index in [1.54, 1.807) is 13.1 Å². The van der Waals surface area contributed by atoms with Crippen molar-refractivity contribution < 1.29 is 14.0 Å². The third kappa shape index (κ3) is 4.60. The second-order valence-corrected chi connectivity index (χ2v) is 7.17. The number of hydrogen-bond donors (Lipinski definition) is 1. The Morgan fingerprint density at radius 2 is 1.85 bits per heavy atom. The minimum atomic E-state index is -0.432. The minimum Gasteiger partial charge on any atom is -0.332 e. The summed E-state index contributed by atoms with van der Waals surface area (Å²) in [6, 6.07) is 15.5. The topological polar surface area (TPSA) is 49.4 Å². The van der Waals surface area contributed by atoms with Gasteiger partial charge in [0.2, 0.25) is 5.91 Å². The first-order valence-electron chi connectivity index (χ1n) is 8.39. The van der Waals surface area contributed by atoms with E-state index in [0.29, 0.717) is 10.6 Å². The number of benzene rings is 2. The lowest BCUT2D eigenvalue weighted by Crippen LogP contribution is -2.34. The molecule has 2 aromatic carbocycles. The maximum absolute atomic E-state index is 13.2. The molecule has 0 fully saturated rings. The van der Waals surface area contributed by atoms with E-state index in [2.05, 4.69) is 5.32 Å². The van der Waals surface area contributed by atoms with Gasteiger partial charge in [0.1, 0.15) is 5.82 Å². The lowest BCUT2D eigenvalue weighted by Gasteiger charge is -2.17. The maximum atomic E-state index is 13.2. The third-order valence-electron chi connectivity index (χ3n) is 4.06. The molecule has 0 atom stereocenters. The van der Waals surface area contributed by atoms with Gasteiger partial charge in [-0.25, -0.2) is 4.39 Å². The molecule has 0 bridgehead atoms. The molecular weight excluding hydrogens is 363 g/mol. The molecule has 1 heterocycles. The summed E-state index contributed by atoms with van der Waals surface area (Å²) in [5.74, 6) is -1.04. The first kappa shape index (κ1) is 18.8. The Morgan fingerprint density at radius 3 is 2.56 bits per heavy atom. The van der Waals surface area contributed by atoms with Gasteiger partial charge in [-0.3, -0.25) is 9.59 Å². The van der Waals surface area contributed by atoms with Gasteiger partial charge in [-0.2, -0.15) is 0 Å². The largest absolute Gasteiger partial charge is 0.332 e. The Hall–Kier alpha value is -2.99. The van der Waals surface area contributed by atoms with Crippen molar-refractivity contribution in [2.45, 2.75) is 6.92 Å². The van der Waals surface area contributed by atoms with Crippen molar-refractivity contribution in [1.82, 2.24) is 4.90 Å². The molecule has 3 aromatic rings. The van der Waals surface area contributed by atoms with Crippen LogP contribution in [0.3, 0.4) is 0 Å². The molecule has 3 rings (SSSR count). The van der Waals surface area contributed by atoms with Crippen LogP contribution in [0.1, 0.15) is 15.2 Å². The van der Waals surface area contributed by atoms with Crippen LogP contribution >= 0.6 is 11.3 Å². The van der Waals surface area contributed by atoms with Gasteiger partial charge in [-0.15, -0.1) is 11.3 Å². The fraction of sp³-hybridized carbons (Fsp3) is 0.143. The zero-order valence-electron chi connectivity index (χ0n) is 15.0. The second-order valence-electron chi connectivity index (χ2n) is 6.25. The molecule has 0 spiro atoms. The minimum absolute atomic E-state index is 0.124. The van der Waals surface area contributed by atoms with E-state index in [1.165, 1.54) is 34.4 Å². The molecule has 0 saturated heterocycles. The number of halogens is 1. The number of amides is 2. The number of nitrogens with zero attached hydrogens (tertiary/aromatic N) is 1. The Labute approximate surface area is 161 Å². The number of rotatable bonds is 5. The molecule has 27 heavy (non-hydrogen) atoms. The average molecular weight is 382 g/mol. The first-order valence-corrected chi connectivity index (χ1v) is 9.27. The fourth-order valence-electron chi connectivity index (χ4n) is 2.66. The van der Waals surface area contributed by atoms with Gasteiger partial charge in [-0.1, -0.05) is 35.9 Å². The van der Waals surface area contributed by atoms with Crippen LogP contribution in [-0.4, -0.2) is 30.3 Å². The fourth-order valence-corrected chi connectivity index (χ4v) is 3.57. The summed E-state index contributed by atoms with van der Waals surface area (Å²) in [7, 11) is 1.58. The lowest BCUT2D eigenvalue weighted by atomic mass is 10.0. The van der Waals surface area contributed by atoms with Crippen LogP contribution in [0.25, 0.3) is 11.1 Å². The molecule has 0 unspecified atom stereocenters. The molecule has 4 nitrogen and oxygen atoms in total. The van der Waals surface area contributed by atoms with Gasteiger partial charge in [0.25, 0.3) is 5.91 Å². The summed E-state index contributed by atoms with van der Waals surface area (Å²) in [6.45, 7) is 1.88. The normalized spacial score (nSPS) is 10.5. The smallest absolute Gasteiger partial charge is 0.264 e. The van der Waals surface area contributed by atoms with E-state index in [9.17, 15) is 14.0 Å². The van der Waals surface area contributed by atoms with Crippen LogP contribution in [0, 0.1) is 12.7 Å².